The SMILES string of the molecule is CCOC(=O)C(CCCC(=O)CCC(=O)O)CC1=CCCc2ccccc21. The van der Waals surface area contributed by atoms with E-state index < -0.39 is 5.97 Å². The standard InChI is InChI=1S/C22H28O5/c1-2-27-22(26)18(10-6-11-19(23)13-14-21(24)25)15-17-9-5-8-16-7-3-4-12-20(16)17/h3-4,7,9,12,18H,2,5-6,8,10-11,13-15H2,1H3,(H,24,25). The fourth-order valence-electron chi connectivity index (χ4n) is 3.50. The maximum Gasteiger partial charge on any atom is 0.309 e. The Bertz CT molecular complexity index is 704. The van der Waals surface area contributed by atoms with Crippen molar-refractivity contribution in [1.82, 2.24) is 0 Å². The second-order valence-corrected chi connectivity index (χ2v) is 6.90. The number of hydrogen-bond donors (Lipinski definition) is 1. The van der Waals surface area contributed by atoms with Gasteiger partial charge < -0.3 is 9.84 Å². The summed E-state index contributed by atoms with van der Waals surface area (Å²) in [5.41, 5.74) is 3.68. The number of carboxylic acid groups (broad SMARTS) is 1. The van der Waals surface area contributed by atoms with Crippen molar-refractivity contribution in [1.29, 1.82) is 0 Å². The van der Waals surface area contributed by atoms with Crippen LogP contribution in [0.1, 0.15) is 63.0 Å². The Morgan fingerprint density at radius 3 is 2.67 bits per heavy atom. The number of fused-ring (bicyclic) bond motifs is 1. The van der Waals surface area contributed by atoms with Crippen LogP contribution in [0.25, 0.3) is 5.57 Å². The number of Topliss-reactive ketones (excluding diaryl/α,β-unsaturated/α-hetero) is 1. The molecule has 5 heteroatoms. The molecule has 1 atom stereocenters. The fourth-order valence-corrected chi connectivity index (χ4v) is 3.50. The second-order valence-electron chi connectivity index (χ2n) is 6.90. The first-order chi connectivity index (χ1) is 13.0. The molecule has 1 aromatic carbocycles. The van der Waals surface area contributed by atoms with Crippen molar-refractivity contribution >= 4 is 23.3 Å². The Morgan fingerprint density at radius 1 is 1.15 bits per heavy atom. The van der Waals surface area contributed by atoms with Gasteiger partial charge in [0.25, 0.3) is 0 Å². The van der Waals surface area contributed by atoms with Gasteiger partial charge in [-0.2, -0.15) is 0 Å². The maximum absolute atomic E-state index is 12.4. The summed E-state index contributed by atoms with van der Waals surface area (Å²) in [6.07, 6.45) is 6.15. The molecule has 0 saturated carbocycles. The highest BCUT2D eigenvalue weighted by atomic mass is 16.5. The molecule has 1 aliphatic rings. The van der Waals surface area contributed by atoms with Gasteiger partial charge >= 0.3 is 11.9 Å². The second kappa shape index (κ2) is 10.7. The molecule has 0 bridgehead atoms. The summed E-state index contributed by atoms with van der Waals surface area (Å²) in [6, 6.07) is 8.27. The van der Waals surface area contributed by atoms with Crippen LogP contribution >= 0.6 is 0 Å². The van der Waals surface area contributed by atoms with E-state index in [4.69, 9.17) is 9.84 Å². The number of carbonyl (C=O) groups is 3. The zero-order chi connectivity index (χ0) is 19.6. The van der Waals surface area contributed by atoms with Crippen LogP contribution in [0.2, 0.25) is 0 Å². The van der Waals surface area contributed by atoms with Gasteiger partial charge in [0.15, 0.2) is 0 Å². The Balaban J connectivity index is 1.96. The molecule has 0 spiro atoms. The number of benzene rings is 1. The van der Waals surface area contributed by atoms with E-state index in [0.717, 1.165) is 12.8 Å². The molecule has 0 aliphatic heterocycles. The quantitative estimate of drug-likeness (QED) is 0.589. The van der Waals surface area contributed by atoms with Crippen molar-refractivity contribution in [3.63, 3.8) is 0 Å². The van der Waals surface area contributed by atoms with Gasteiger partial charge in [-0.3, -0.25) is 14.4 Å². The van der Waals surface area contributed by atoms with Crippen LogP contribution in [-0.4, -0.2) is 29.4 Å². The number of allylic oxidation sites excluding steroid dienone is 2. The molecule has 0 saturated heterocycles. The van der Waals surface area contributed by atoms with E-state index in [0.29, 0.717) is 32.3 Å². The number of aryl methyl sites for hydroxylation is 1. The third-order valence-electron chi connectivity index (χ3n) is 4.88. The molecule has 0 radical (unpaired) electrons. The van der Waals surface area contributed by atoms with Gasteiger partial charge in [-0.15, -0.1) is 0 Å². The monoisotopic (exact) mass is 372 g/mol. The van der Waals surface area contributed by atoms with Crippen molar-refractivity contribution in [2.24, 2.45) is 5.92 Å². The van der Waals surface area contributed by atoms with Gasteiger partial charge in [0, 0.05) is 12.8 Å². The number of ketones is 1. The van der Waals surface area contributed by atoms with Crippen molar-refractivity contribution in [3.8, 4) is 0 Å². The average molecular weight is 372 g/mol. The molecule has 1 aliphatic carbocycles. The summed E-state index contributed by atoms with van der Waals surface area (Å²) in [5, 5.41) is 8.65. The zero-order valence-electron chi connectivity index (χ0n) is 15.9. The molecule has 0 aromatic heterocycles. The molecule has 0 fully saturated rings. The number of aliphatic carboxylic acids is 1. The Morgan fingerprint density at radius 2 is 1.93 bits per heavy atom. The minimum absolute atomic E-state index is 0.0535. The van der Waals surface area contributed by atoms with E-state index in [1.54, 1.807) is 6.92 Å². The number of rotatable bonds is 11. The molecule has 5 nitrogen and oxygen atoms in total. The molecular formula is C22H28O5. The summed E-state index contributed by atoms with van der Waals surface area (Å²) in [7, 11) is 0. The van der Waals surface area contributed by atoms with Gasteiger partial charge in [0.2, 0.25) is 0 Å². The summed E-state index contributed by atoms with van der Waals surface area (Å²) in [5.74, 6) is -1.54. The van der Waals surface area contributed by atoms with Gasteiger partial charge in [-0.1, -0.05) is 30.3 Å². The highest BCUT2D eigenvalue weighted by molar-refractivity contribution is 5.82. The minimum atomic E-state index is -0.962. The first-order valence-electron chi connectivity index (χ1n) is 9.68. The van der Waals surface area contributed by atoms with Crippen LogP contribution < -0.4 is 0 Å². The highest BCUT2D eigenvalue weighted by Crippen LogP contribution is 2.33. The Hall–Kier alpha value is -2.43. The number of hydrogen-bond acceptors (Lipinski definition) is 4. The lowest BCUT2D eigenvalue weighted by Crippen LogP contribution is -2.19. The molecule has 0 heterocycles. The third kappa shape index (κ3) is 6.66. The largest absolute Gasteiger partial charge is 0.481 e. The summed E-state index contributed by atoms with van der Waals surface area (Å²) < 4.78 is 5.24. The molecule has 1 N–H and O–H groups in total. The first kappa shape index (κ1) is 20.9. The molecule has 2 rings (SSSR count). The van der Waals surface area contributed by atoms with Crippen LogP contribution in [-0.2, 0) is 25.5 Å². The smallest absolute Gasteiger partial charge is 0.309 e. The molecule has 0 amide bonds. The van der Waals surface area contributed by atoms with Gasteiger partial charge in [-0.05, 0) is 55.7 Å². The lowest BCUT2D eigenvalue weighted by Gasteiger charge is -2.22. The summed E-state index contributed by atoms with van der Waals surface area (Å²) >= 11 is 0. The van der Waals surface area contributed by atoms with Gasteiger partial charge in [0.05, 0.1) is 18.9 Å². The van der Waals surface area contributed by atoms with Crippen LogP contribution in [0.4, 0.5) is 0 Å². The maximum atomic E-state index is 12.4. The van der Waals surface area contributed by atoms with Crippen LogP contribution in [0, 0.1) is 5.92 Å². The van der Waals surface area contributed by atoms with Crippen LogP contribution in [0.5, 0.6) is 0 Å². The van der Waals surface area contributed by atoms with Crippen molar-refractivity contribution < 1.29 is 24.2 Å². The molecule has 27 heavy (non-hydrogen) atoms. The lowest BCUT2D eigenvalue weighted by atomic mass is 9.84. The van der Waals surface area contributed by atoms with Gasteiger partial charge in [-0.25, -0.2) is 0 Å². The zero-order valence-corrected chi connectivity index (χ0v) is 15.9. The fraction of sp³-hybridized carbons (Fsp3) is 0.500. The average Bonchev–Trinajstić information content (AvgIpc) is 2.66. The number of carboxylic acids is 1. The normalized spacial score (nSPS) is 14.0. The molecular weight excluding hydrogens is 344 g/mol. The first-order valence-corrected chi connectivity index (χ1v) is 9.68. The van der Waals surface area contributed by atoms with E-state index in [1.165, 1.54) is 16.7 Å². The molecule has 146 valence electrons. The van der Waals surface area contributed by atoms with E-state index in [9.17, 15) is 14.4 Å². The molecule has 1 unspecified atom stereocenters. The Labute approximate surface area is 160 Å². The van der Waals surface area contributed by atoms with Crippen LogP contribution in [0.3, 0.4) is 0 Å². The van der Waals surface area contributed by atoms with Crippen LogP contribution in [0.15, 0.2) is 30.3 Å². The van der Waals surface area contributed by atoms with E-state index in [1.807, 2.05) is 12.1 Å². The van der Waals surface area contributed by atoms with E-state index in [2.05, 4.69) is 18.2 Å². The molecule has 1 aromatic rings. The van der Waals surface area contributed by atoms with Gasteiger partial charge in [0.1, 0.15) is 5.78 Å². The third-order valence-corrected chi connectivity index (χ3v) is 4.88. The Kier molecular flexibility index (Phi) is 8.24. The number of esters is 1. The minimum Gasteiger partial charge on any atom is -0.481 e. The van der Waals surface area contributed by atoms with Crippen molar-refractivity contribution in [3.05, 3.63) is 41.5 Å². The van der Waals surface area contributed by atoms with Crippen molar-refractivity contribution in [2.75, 3.05) is 6.61 Å². The predicted molar refractivity (Wildman–Crippen MR) is 103 cm³/mol. The lowest BCUT2D eigenvalue weighted by molar-refractivity contribution is -0.148. The number of ether oxygens (including phenoxy) is 1. The topological polar surface area (TPSA) is 80.7 Å². The highest BCUT2D eigenvalue weighted by Gasteiger charge is 2.24. The number of carbonyl (C=O) groups excluding carboxylic acids is 2. The summed E-state index contributed by atoms with van der Waals surface area (Å²) in [6.45, 7) is 2.13. The van der Waals surface area contributed by atoms with E-state index in [-0.39, 0.29) is 30.5 Å². The predicted octanol–water partition coefficient (Wildman–Crippen LogP) is 4.19. The van der Waals surface area contributed by atoms with E-state index >= 15 is 0 Å². The summed E-state index contributed by atoms with van der Waals surface area (Å²) in [4.78, 5) is 34.7. The van der Waals surface area contributed by atoms with Crippen molar-refractivity contribution in [2.45, 2.75) is 58.3 Å².